The Hall–Kier alpha value is -4.55. The minimum Gasteiger partial charge on any atom is -0.439 e. The number of pyridine rings is 1. The van der Waals surface area contributed by atoms with Gasteiger partial charge in [-0.15, -0.1) is 0 Å². The first-order chi connectivity index (χ1) is 18.0. The van der Waals surface area contributed by atoms with Crippen molar-refractivity contribution in [3.63, 3.8) is 0 Å². The Morgan fingerprint density at radius 2 is 1.81 bits per heavy atom. The van der Waals surface area contributed by atoms with Crippen LogP contribution in [0.15, 0.2) is 71.7 Å². The standard InChI is InChI=1S/C24H18ClN7O2.C3H8/c25-17-4-1-15(2-5-17)13-32-22-21(28-14-29-22)23(33)31-24(32)30-18-6-8-19(9-7-18)34-20-10-3-16(11-26)12-27-20;1-3-2/h1-10,12,28-29H,13-14H2,(H,30,31,33);3H2,1-2H3. The van der Waals surface area contributed by atoms with Gasteiger partial charge in [0.15, 0.2) is 0 Å². The summed E-state index contributed by atoms with van der Waals surface area (Å²) in [4.78, 5) is 20.9. The molecule has 9 nitrogen and oxygen atoms in total. The smallest absolute Gasteiger partial charge is 0.300 e. The van der Waals surface area contributed by atoms with E-state index in [1.807, 2.05) is 47.0 Å². The van der Waals surface area contributed by atoms with Crippen molar-refractivity contribution >= 4 is 34.7 Å². The summed E-state index contributed by atoms with van der Waals surface area (Å²) in [5.74, 6) is 2.03. The number of rotatable bonds is 6. The second-order valence-electron chi connectivity index (χ2n) is 8.16. The maximum atomic E-state index is 12.5. The van der Waals surface area contributed by atoms with E-state index in [0.717, 1.165) is 11.3 Å². The van der Waals surface area contributed by atoms with Gasteiger partial charge in [0.2, 0.25) is 11.8 Å². The molecule has 1 aliphatic heterocycles. The Balaban J connectivity index is 0.00000102. The monoisotopic (exact) mass is 515 g/mol. The van der Waals surface area contributed by atoms with E-state index in [1.54, 1.807) is 24.3 Å². The third-order valence-electron chi connectivity index (χ3n) is 5.16. The minimum atomic E-state index is -0.346. The predicted octanol–water partition coefficient (Wildman–Crippen LogP) is 5.96. The number of ether oxygens (including phenoxy) is 1. The van der Waals surface area contributed by atoms with Crippen molar-refractivity contribution in [2.24, 2.45) is 0 Å². The number of nitriles is 1. The van der Waals surface area contributed by atoms with Crippen molar-refractivity contribution in [1.82, 2.24) is 14.5 Å². The lowest BCUT2D eigenvalue weighted by atomic mass is 10.2. The second kappa shape index (κ2) is 11.9. The molecule has 5 rings (SSSR count). The molecule has 3 heterocycles. The van der Waals surface area contributed by atoms with Crippen molar-refractivity contribution < 1.29 is 4.74 Å². The lowest BCUT2D eigenvalue weighted by Gasteiger charge is -2.18. The van der Waals surface area contributed by atoms with Crippen molar-refractivity contribution in [2.45, 2.75) is 26.8 Å². The first-order valence-electron chi connectivity index (χ1n) is 11.8. The first kappa shape index (κ1) is 25.5. The maximum absolute atomic E-state index is 12.5. The molecule has 4 aromatic rings. The number of hydrogen-bond acceptors (Lipinski definition) is 8. The van der Waals surface area contributed by atoms with Crippen LogP contribution in [0, 0.1) is 11.3 Å². The Bertz CT molecular complexity index is 1450. The zero-order valence-corrected chi connectivity index (χ0v) is 21.2. The average molecular weight is 516 g/mol. The molecule has 0 bridgehead atoms. The average Bonchev–Trinajstić information content (AvgIpc) is 3.40. The van der Waals surface area contributed by atoms with Gasteiger partial charge >= 0.3 is 0 Å². The second-order valence-corrected chi connectivity index (χ2v) is 8.60. The van der Waals surface area contributed by atoms with Gasteiger partial charge in [0.05, 0.1) is 18.8 Å². The summed E-state index contributed by atoms with van der Waals surface area (Å²) in [5.41, 5.74) is 2.29. The van der Waals surface area contributed by atoms with E-state index < -0.39 is 0 Å². The molecule has 10 heteroatoms. The van der Waals surface area contributed by atoms with Gasteiger partial charge in [-0.25, -0.2) is 4.98 Å². The van der Waals surface area contributed by atoms with Crippen LogP contribution in [0.5, 0.6) is 11.6 Å². The van der Waals surface area contributed by atoms with Gasteiger partial charge in [-0.3, -0.25) is 9.36 Å². The molecule has 37 heavy (non-hydrogen) atoms. The molecule has 0 amide bonds. The Morgan fingerprint density at radius 3 is 2.46 bits per heavy atom. The summed E-state index contributed by atoms with van der Waals surface area (Å²) in [6, 6.07) is 20.0. The number of halogens is 1. The highest BCUT2D eigenvalue weighted by Gasteiger charge is 2.21. The van der Waals surface area contributed by atoms with Gasteiger partial charge in [-0.2, -0.15) is 10.2 Å². The van der Waals surface area contributed by atoms with E-state index in [-0.39, 0.29) is 5.56 Å². The van der Waals surface area contributed by atoms with Crippen LogP contribution in [-0.4, -0.2) is 21.2 Å². The number of aromatic nitrogens is 3. The Morgan fingerprint density at radius 1 is 1.08 bits per heavy atom. The van der Waals surface area contributed by atoms with Crippen molar-refractivity contribution in [1.29, 1.82) is 5.26 Å². The SMILES string of the molecule is CCC.N#Cc1ccc(Oc2ccc(Nc3nc(=O)c4c(n3Cc3ccc(Cl)cc3)NCN4)cc2)nc1. The van der Waals surface area contributed by atoms with Gasteiger partial charge in [0.25, 0.3) is 5.56 Å². The molecule has 0 atom stereocenters. The summed E-state index contributed by atoms with van der Waals surface area (Å²) in [5, 5.41) is 19.0. The fourth-order valence-corrected chi connectivity index (χ4v) is 3.62. The lowest BCUT2D eigenvalue weighted by Crippen LogP contribution is -2.19. The molecule has 0 saturated heterocycles. The molecular formula is C27H26ClN7O2. The van der Waals surface area contributed by atoms with Crippen LogP contribution >= 0.6 is 11.6 Å². The molecule has 0 saturated carbocycles. The third-order valence-corrected chi connectivity index (χ3v) is 5.41. The fourth-order valence-electron chi connectivity index (χ4n) is 3.50. The molecule has 188 valence electrons. The van der Waals surface area contributed by atoms with Crippen LogP contribution in [0.4, 0.5) is 23.1 Å². The van der Waals surface area contributed by atoms with Crippen LogP contribution in [0.2, 0.25) is 5.02 Å². The van der Waals surface area contributed by atoms with E-state index in [2.05, 4.69) is 39.8 Å². The van der Waals surface area contributed by atoms with Crippen molar-refractivity contribution in [3.05, 3.63) is 93.4 Å². The number of anilines is 4. The molecule has 0 fully saturated rings. The third kappa shape index (κ3) is 6.37. The molecule has 0 radical (unpaired) electrons. The number of hydrogen-bond donors (Lipinski definition) is 3. The van der Waals surface area contributed by atoms with Crippen LogP contribution in [-0.2, 0) is 6.54 Å². The molecule has 2 aromatic heterocycles. The maximum Gasteiger partial charge on any atom is 0.300 e. The van der Waals surface area contributed by atoms with E-state index in [0.29, 0.717) is 52.9 Å². The minimum absolute atomic E-state index is 0.346. The number of nitrogens with zero attached hydrogens (tertiary/aromatic N) is 4. The van der Waals surface area contributed by atoms with Crippen molar-refractivity contribution in [3.8, 4) is 17.7 Å². The molecule has 0 spiro atoms. The zero-order chi connectivity index (χ0) is 26.2. The molecule has 0 unspecified atom stereocenters. The fraction of sp³-hybridized carbons (Fsp3) is 0.185. The van der Waals surface area contributed by atoms with E-state index in [9.17, 15) is 4.79 Å². The number of fused-ring (bicyclic) bond motifs is 1. The van der Waals surface area contributed by atoms with Crippen LogP contribution in [0.3, 0.4) is 0 Å². The predicted molar refractivity (Wildman–Crippen MR) is 146 cm³/mol. The molecular weight excluding hydrogens is 490 g/mol. The highest BCUT2D eigenvalue weighted by Crippen LogP contribution is 2.28. The zero-order valence-electron chi connectivity index (χ0n) is 20.5. The highest BCUT2D eigenvalue weighted by molar-refractivity contribution is 6.30. The van der Waals surface area contributed by atoms with E-state index in [1.165, 1.54) is 12.6 Å². The van der Waals surface area contributed by atoms with Crippen LogP contribution < -0.4 is 26.2 Å². The summed E-state index contributed by atoms with van der Waals surface area (Å²) in [6.45, 7) is 5.18. The molecule has 3 N–H and O–H groups in total. The number of nitrogens with one attached hydrogen (secondary N) is 3. The summed E-state index contributed by atoms with van der Waals surface area (Å²) in [7, 11) is 0. The molecule has 1 aliphatic rings. The largest absolute Gasteiger partial charge is 0.439 e. The van der Waals surface area contributed by atoms with Gasteiger partial charge in [-0.1, -0.05) is 44.0 Å². The first-order valence-corrected chi connectivity index (χ1v) is 12.2. The van der Waals surface area contributed by atoms with E-state index >= 15 is 0 Å². The lowest BCUT2D eigenvalue weighted by molar-refractivity contribution is 0.463. The highest BCUT2D eigenvalue weighted by atomic mass is 35.5. The quantitative estimate of drug-likeness (QED) is 0.288. The molecule has 2 aromatic carbocycles. The summed E-state index contributed by atoms with van der Waals surface area (Å²) >= 11 is 6.02. The summed E-state index contributed by atoms with van der Waals surface area (Å²) < 4.78 is 7.63. The summed E-state index contributed by atoms with van der Waals surface area (Å²) in [6.07, 6.45) is 2.70. The Labute approximate surface area is 219 Å². The number of benzene rings is 2. The van der Waals surface area contributed by atoms with Gasteiger partial charge in [-0.05, 0) is 48.0 Å². The van der Waals surface area contributed by atoms with Crippen LogP contribution in [0.25, 0.3) is 0 Å². The van der Waals surface area contributed by atoms with Crippen molar-refractivity contribution in [2.75, 3.05) is 22.6 Å². The van der Waals surface area contributed by atoms with Gasteiger partial charge in [0, 0.05) is 23.0 Å². The van der Waals surface area contributed by atoms with Crippen LogP contribution in [0.1, 0.15) is 31.4 Å². The van der Waals surface area contributed by atoms with Gasteiger partial charge in [0.1, 0.15) is 23.3 Å². The normalized spacial score (nSPS) is 11.2. The van der Waals surface area contributed by atoms with Gasteiger partial charge < -0.3 is 20.7 Å². The van der Waals surface area contributed by atoms with E-state index in [4.69, 9.17) is 21.6 Å². The molecule has 0 aliphatic carbocycles. The Kier molecular flexibility index (Phi) is 8.23. The topological polar surface area (TPSA) is 117 Å².